The van der Waals surface area contributed by atoms with Gasteiger partial charge in [-0.1, -0.05) is 13.5 Å². The van der Waals surface area contributed by atoms with Gasteiger partial charge in [-0.2, -0.15) is 0 Å². The maximum Gasteiger partial charge on any atom is 0.334 e. The number of rotatable bonds is 4. The van der Waals surface area contributed by atoms with Crippen LogP contribution in [-0.4, -0.2) is 35.4 Å². The quantitative estimate of drug-likeness (QED) is 0.489. The van der Waals surface area contributed by atoms with Crippen LogP contribution >= 0.6 is 0 Å². The largest absolute Gasteiger partial charge is 0.463 e. The Bertz CT molecular complexity index is 507. The molecule has 0 bridgehead atoms. The predicted molar refractivity (Wildman–Crippen MR) is 80.8 cm³/mol. The molecule has 0 spiro atoms. The van der Waals surface area contributed by atoms with Crippen LogP contribution in [0.3, 0.4) is 0 Å². The van der Waals surface area contributed by atoms with E-state index in [2.05, 4.69) is 13.5 Å². The fourth-order valence-electron chi connectivity index (χ4n) is 3.29. The topological polar surface area (TPSA) is 72.8 Å². The number of aliphatic hydroxyl groups excluding tert-OH is 1. The van der Waals surface area contributed by atoms with Crippen LogP contribution in [0.4, 0.5) is 0 Å². The zero-order valence-electron chi connectivity index (χ0n) is 13.4. The zero-order valence-corrected chi connectivity index (χ0v) is 13.4. The van der Waals surface area contributed by atoms with E-state index in [0.717, 1.165) is 18.4 Å². The van der Waals surface area contributed by atoms with Crippen molar-refractivity contribution < 1.29 is 24.2 Å². The number of ether oxygens (including phenoxy) is 2. The lowest BCUT2D eigenvalue weighted by molar-refractivity contribution is -0.146. The number of fused-ring (bicyclic) bond motifs is 1. The molecule has 122 valence electrons. The van der Waals surface area contributed by atoms with Crippen molar-refractivity contribution in [2.75, 3.05) is 0 Å². The minimum absolute atomic E-state index is 0.00513. The van der Waals surface area contributed by atoms with Crippen molar-refractivity contribution in [3.8, 4) is 0 Å². The molecule has 1 heterocycles. The van der Waals surface area contributed by atoms with Crippen LogP contribution in [-0.2, 0) is 19.1 Å². The van der Waals surface area contributed by atoms with Crippen LogP contribution in [0.5, 0.6) is 0 Å². The fraction of sp³-hybridized carbons (Fsp3) is 0.647. The minimum atomic E-state index is -0.712. The second-order valence-electron chi connectivity index (χ2n) is 6.32. The van der Waals surface area contributed by atoms with Gasteiger partial charge in [0.05, 0.1) is 6.10 Å². The third-order valence-electron chi connectivity index (χ3n) is 4.49. The summed E-state index contributed by atoms with van der Waals surface area (Å²) in [6.07, 6.45) is 2.48. The van der Waals surface area contributed by atoms with Gasteiger partial charge in [-0.15, -0.1) is 0 Å². The van der Waals surface area contributed by atoms with Gasteiger partial charge in [0.25, 0.3) is 0 Å². The van der Waals surface area contributed by atoms with Gasteiger partial charge in [-0.25, -0.2) is 4.79 Å². The number of carbonyl (C=O) groups is 2. The summed E-state index contributed by atoms with van der Waals surface area (Å²) >= 11 is 0. The summed E-state index contributed by atoms with van der Waals surface area (Å²) in [7, 11) is 0. The fourth-order valence-corrected chi connectivity index (χ4v) is 3.29. The molecule has 1 aliphatic heterocycles. The molecule has 0 aromatic rings. The zero-order chi connectivity index (χ0) is 16.4. The van der Waals surface area contributed by atoms with E-state index in [1.165, 1.54) is 6.92 Å². The number of esters is 2. The van der Waals surface area contributed by atoms with Crippen LogP contribution in [0.2, 0.25) is 0 Å². The van der Waals surface area contributed by atoms with E-state index in [-0.39, 0.29) is 36.0 Å². The summed E-state index contributed by atoms with van der Waals surface area (Å²) in [5.41, 5.74) is 1.38. The molecule has 0 aromatic carbocycles. The third kappa shape index (κ3) is 3.58. The van der Waals surface area contributed by atoms with Crippen molar-refractivity contribution in [2.45, 2.75) is 58.3 Å². The van der Waals surface area contributed by atoms with Crippen LogP contribution in [0.25, 0.3) is 0 Å². The number of carbonyl (C=O) groups excluding carboxylic acids is 2. The average molecular weight is 308 g/mol. The van der Waals surface area contributed by atoms with Crippen molar-refractivity contribution in [3.05, 3.63) is 23.8 Å². The summed E-state index contributed by atoms with van der Waals surface area (Å²) in [5.74, 6) is -0.506. The standard InChI is InChI=1S/C17H24O5/c1-9-5-6-13-11(3)17(20)22-16(13)8-14(9)15(19)7-10(2)21-12(4)18/h8-10,13,15-16,19H,3,5-7H2,1-2,4H3. The van der Waals surface area contributed by atoms with Crippen molar-refractivity contribution in [2.24, 2.45) is 11.8 Å². The molecule has 1 aliphatic carbocycles. The molecule has 0 radical (unpaired) electrons. The molecule has 0 saturated carbocycles. The molecule has 5 heteroatoms. The molecule has 0 amide bonds. The van der Waals surface area contributed by atoms with E-state index < -0.39 is 6.10 Å². The maximum atomic E-state index is 11.6. The molecule has 5 atom stereocenters. The molecular weight excluding hydrogens is 284 g/mol. The second-order valence-corrected chi connectivity index (χ2v) is 6.32. The highest BCUT2D eigenvalue weighted by Crippen LogP contribution is 2.38. The predicted octanol–water partition coefficient (Wildman–Crippen LogP) is 2.14. The molecule has 5 nitrogen and oxygen atoms in total. The highest BCUT2D eigenvalue weighted by atomic mass is 16.6. The first-order valence-corrected chi connectivity index (χ1v) is 7.76. The Kier molecular flexibility index (Phi) is 5.06. The Balaban J connectivity index is 2.12. The first kappa shape index (κ1) is 16.7. The van der Waals surface area contributed by atoms with E-state index in [9.17, 15) is 14.7 Å². The van der Waals surface area contributed by atoms with Crippen molar-refractivity contribution >= 4 is 11.9 Å². The van der Waals surface area contributed by atoms with Gasteiger partial charge >= 0.3 is 11.9 Å². The third-order valence-corrected chi connectivity index (χ3v) is 4.49. The second kappa shape index (κ2) is 6.65. The molecule has 1 N–H and O–H groups in total. The first-order chi connectivity index (χ1) is 10.3. The highest BCUT2D eigenvalue weighted by Gasteiger charge is 2.40. The molecule has 22 heavy (non-hydrogen) atoms. The van der Waals surface area contributed by atoms with Gasteiger partial charge in [0.2, 0.25) is 0 Å². The van der Waals surface area contributed by atoms with Gasteiger partial charge in [0.15, 0.2) is 0 Å². The van der Waals surface area contributed by atoms with E-state index >= 15 is 0 Å². The smallest absolute Gasteiger partial charge is 0.334 e. The molecular formula is C17H24O5. The molecule has 0 aromatic heterocycles. The van der Waals surface area contributed by atoms with E-state index in [1.54, 1.807) is 6.92 Å². The summed E-state index contributed by atoms with van der Waals surface area (Å²) in [6, 6.07) is 0. The molecule has 2 aliphatic rings. The van der Waals surface area contributed by atoms with E-state index in [1.807, 2.05) is 6.08 Å². The van der Waals surface area contributed by atoms with Gasteiger partial charge < -0.3 is 14.6 Å². The Morgan fingerprint density at radius 3 is 2.86 bits per heavy atom. The molecule has 1 saturated heterocycles. The van der Waals surface area contributed by atoms with Crippen LogP contribution < -0.4 is 0 Å². The number of hydrogen-bond donors (Lipinski definition) is 1. The summed E-state index contributed by atoms with van der Waals surface area (Å²) in [6.45, 7) is 8.97. The average Bonchev–Trinajstić information content (AvgIpc) is 2.56. The van der Waals surface area contributed by atoms with Crippen LogP contribution in [0, 0.1) is 11.8 Å². The molecule has 2 rings (SSSR count). The lowest BCUT2D eigenvalue weighted by atomic mass is 9.89. The SMILES string of the molecule is C=C1C(=O)OC2C=C(C(O)CC(C)OC(C)=O)C(C)CCC12. The summed E-state index contributed by atoms with van der Waals surface area (Å²) in [4.78, 5) is 22.6. The van der Waals surface area contributed by atoms with Crippen LogP contribution in [0.15, 0.2) is 23.8 Å². The summed E-state index contributed by atoms with van der Waals surface area (Å²) in [5, 5.41) is 10.5. The normalized spacial score (nSPS) is 30.7. The number of hydrogen-bond acceptors (Lipinski definition) is 5. The lowest BCUT2D eigenvalue weighted by Crippen LogP contribution is -2.24. The lowest BCUT2D eigenvalue weighted by Gasteiger charge is -2.23. The van der Waals surface area contributed by atoms with Gasteiger partial charge in [0.1, 0.15) is 12.2 Å². The number of aliphatic hydroxyl groups is 1. The maximum absolute atomic E-state index is 11.6. The molecule has 1 fully saturated rings. The van der Waals surface area contributed by atoms with Gasteiger partial charge in [-0.3, -0.25) is 4.79 Å². The van der Waals surface area contributed by atoms with Crippen molar-refractivity contribution in [3.63, 3.8) is 0 Å². The van der Waals surface area contributed by atoms with Crippen molar-refractivity contribution in [1.29, 1.82) is 0 Å². The Morgan fingerprint density at radius 1 is 1.55 bits per heavy atom. The Morgan fingerprint density at radius 2 is 2.23 bits per heavy atom. The van der Waals surface area contributed by atoms with Gasteiger partial charge in [0, 0.05) is 24.8 Å². The summed E-state index contributed by atoms with van der Waals surface area (Å²) < 4.78 is 10.4. The van der Waals surface area contributed by atoms with E-state index in [0.29, 0.717) is 12.0 Å². The Labute approximate surface area is 131 Å². The van der Waals surface area contributed by atoms with E-state index in [4.69, 9.17) is 9.47 Å². The highest BCUT2D eigenvalue weighted by molar-refractivity contribution is 5.91. The molecule has 5 unspecified atom stereocenters. The minimum Gasteiger partial charge on any atom is -0.463 e. The van der Waals surface area contributed by atoms with Crippen LogP contribution in [0.1, 0.15) is 40.0 Å². The monoisotopic (exact) mass is 308 g/mol. The Hall–Kier alpha value is -1.62. The van der Waals surface area contributed by atoms with Crippen molar-refractivity contribution in [1.82, 2.24) is 0 Å². The first-order valence-electron chi connectivity index (χ1n) is 7.76. The van der Waals surface area contributed by atoms with Gasteiger partial charge in [-0.05, 0) is 37.3 Å².